The number of rotatable bonds is 3. The van der Waals surface area contributed by atoms with Crippen molar-refractivity contribution in [1.82, 2.24) is 0 Å². The van der Waals surface area contributed by atoms with Crippen molar-refractivity contribution in [3.05, 3.63) is 83.9 Å². The summed E-state index contributed by atoms with van der Waals surface area (Å²) in [6, 6.07) is 22.2. The Balaban J connectivity index is 1.74. The van der Waals surface area contributed by atoms with Crippen LogP contribution in [0.1, 0.15) is 11.1 Å². The average molecular weight is 260 g/mol. The second-order valence-electron chi connectivity index (χ2n) is 4.88. The molecule has 0 atom stereocenters. The Hall–Kier alpha value is -2.54. The van der Waals surface area contributed by atoms with Crippen LogP contribution in [0.3, 0.4) is 0 Å². The predicted molar refractivity (Wildman–Crippen MR) is 84.8 cm³/mol. The lowest BCUT2D eigenvalue weighted by molar-refractivity contribution is 0.475. The summed E-state index contributed by atoms with van der Waals surface area (Å²) in [6.45, 7) is 0. The van der Waals surface area contributed by atoms with Gasteiger partial charge < -0.3 is 5.11 Å². The summed E-state index contributed by atoms with van der Waals surface area (Å²) in [5, 5.41) is 11.8. The molecule has 0 radical (unpaired) electrons. The fourth-order valence-electron chi connectivity index (χ4n) is 2.28. The lowest BCUT2D eigenvalue weighted by Crippen LogP contribution is -1.81. The van der Waals surface area contributed by atoms with Gasteiger partial charge in [-0.3, -0.25) is 0 Å². The van der Waals surface area contributed by atoms with Crippen LogP contribution in [0.5, 0.6) is 5.75 Å². The maximum atomic E-state index is 9.24. The zero-order valence-corrected chi connectivity index (χ0v) is 11.2. The molecular weight excluding hydrogens is 244 g/mol. The molecule has 0 amide bonds. The lowest BCUT2D eigenvalue weighted by Gasteiger charge is -2.01. The molecule has 0 saturated carbocycles. The normalized spacial score (nSPS) is 11.2. The first-order valence-electron chi connectivity index (χ1n) is 6.74. The van der Waals surface area contributed by atoms with Crippen LogP contribution in [0.4, 0.5) is 0 Å². The molecule has 0 fully saturated rings. The highest BCUT2D eigenvalue weighted by molar-refractivity contribution is 5.83. The van der Waals surface area contributed by atoms with Gasteiger partial charge >= 0.3 is 0 Å². The van der Waals surface area contributed by atoms with E-state index in [-0.39, 0.29) is 0 Å². The second-order valence-corrected chi connectivity index (χ2v) is 4.88. The summed E-state index contributed by atoms with van der Waals surface area (Å²) in [4.78, 5) is 0. The van der Waals surface area contributed by atoms with E-state index >= 15 is 0 Å². The van der Waals surface area contributed by atoms with Crippen molar-refractivity contribution in [3.63, 3.8) is 0 Å². The van der Waals surface area contributed by atoms with Gasteiger partial charge in [-0.05, 0) is 40.5 Å². The fraction of sp³-hybridized carbons (Fsp3) is 0.0526. The van der Waals surface area contributed by atoms with Gasteiger partial charge in [0.1, 0.15) is 5.75 Å². The van der Waals surface area contributed by atoms with E-state index in [0.29, 0.717) is 5.75 Å². The maximum Gasteiger partial charge on any atom is 0.115 e. The number of fused-ring (bicyclic) bond motifs is 1. The summed E-state index contributed by atoms with van der Waals surface area (Å²) < 4.78 is 0. The molecule has 0 unspecified atom stereocenters. The molecule has 1 nitrogen and oxygen atoms in total. The van der Waals surface area contributed by atoms with Gasteiger partial charge in [-0.25, -0.2) is 0 Å². The van der Waals surface area contributed by atoms with Gasteiger partial charge in [0, 0.05) is 0 Å². The van der Waals surface area contributed by atoms with E-state index in [1.54, 1.807) is 12.1 Å². The Morgan fingerprint density at radius 1 is 0.800 bits per heavy atom. The number of hydrogen-bond donors (Lipinski definition) is 1. The predicted octanol–water partition coefficient (Wildman–Crippen LogP) is 4.80. The molecular formula is C19H16O. The molecule has 3 rings (SSSR count). The van der Waals surface area contributed by atoms with Crippen LogP contribution in [0.15, 0.2) is 72.8 Å². The maximum absolute atomic E-state index is 9.24. The van der Waals surface area contributed by atoms with Crippen LogP contribution >= 0.6 is 0 Å². The van der Waals surface area contributed by atoms with Crippen molar-refractivity contribution >= 4 is 16.8 Å². The van der Waals surface area contributed by atoms with Gasteiger partial charge in [0.15, 0.2) is 0 Å². The molecule has 0 aliphatic carbocycles. The van der Waals surface area contributed by atoms with E-state index in [0.717, 1.165) is 12.0 Å². The molecule has 0 heterocycles. The number of allylic oxidation sites excluding steroid dienone is 1. The Morgan fingerprint density at radius 2 is 1.55 bits per heavy atom. The van der Waals surface area contributed by atoms with E-state index in [1.807, 2.05) is 12.1 Å². The fourth-order valence-corrected chi connectivity index (χ4v) is 2.28. The second kappa shape index (κ2) is 5.62. The van der Waals surface area contributed by atoms with Crippen molar-refractivity contribution in [2.75, 3.05) is 0 Å². The van der Waals surface area contributed by atoms with Gasteiger partial charge in [-0.2, -0.15) is 0 Å². The molecule has 0 aliphatic rings. The van der Waals surface area contributed by atoms with Crippen molar-refractivity contribution in [3.8, 4) is 5.75 Å². The van der Waals surface area contributed by atoms with Crippen molar-refractivity contribution in [1.29, 1.82) is 0 Å². The number of phenols is 1. The third kappa shape index (κ3) is 2.89. The SMILES string of the molecule is Oc1ccc(C=CCc2ccc3ccccc3c2)cc1. The molecule has 0 aromatic heterocycles. The minimum absolute atomic E-state index is 0.302. The van der Waals surface area contributed by atoms with E-state index < -0.39 is 0 Å². The highest BCUT2D eigenvalue weighted by Gasteiger charge is 1.94. The van der Waals surface area contributed by atoms with E-state index in [2.05, 4.69) is 54.6 Å². The van der Waals surface area contributed by atoms with Crippen molar-refractivity contribution in [2.45, 2.75) is 6.42 Å². The summed E-state index contributed by atoms with van der Waals surface area (Å²) >= 11 is 0. The van der Waals surface area contributed by atoms with Gasteiger partial charge in [-0.15, -0.1) is 0 Å². The minimum Gasteiger partial charge on any atom is -0.508 e. The summed E-state index contributed by atoms with van der Waals surface area (Å²) in [5.74, 6) is 0.302. The Labute approximate surface area is 118 Å². The number of aromatic hydroxyl groups is 1. The monoisotopic (exact) mass is 260 g/mol. The molecule has 0 spiro atoms. The van der Waals surface area contributed by atoms with Crippen molar-refractivity contribution in [2.24, 2.45) is 0 Å². The Morgan fingerprint density at radius 3 is 2.35 bits per heavy atom. The zero-order chi connectivity index (χ0) is 13.8. The molecule has 1 N–H and O–H groups in total. The van der Waals surface area contributed by atoms with Crippen LogP contribution in [0.25, 0.3) is 16.8 Å². The molecule has 20 heavy (non-hydrogen) atoms. The number of hydrogen-bond acceptors (Lipinski definition) is 1. The van der Waals surface area contributed by atoms with E-state index in [9.17, 15) is 5.11 Å². The van der Waals surface area contributed by atoms with Crippen LogP contribution in [-0.4, -0.2) is 5.11 Å². The van der Waals surface area contributed by atoms with Gasteiger partial charge in [-0.1, -0.05) is 66.7 Å². The van der Waals surface area contributed by atoms with E-state index in [1.165, 1.54) is 16.3 Å². The topological polar surface area (TPSA) is 20.2 Å². The molecule has 0 bridgehead atoms. The number of phenolic OH excluding ortho intramolecular Hbond substituents is 1. The quantitative estimate of drug-likeness (QED) is 0.717. The van der Waals surface area contributed by atoms with Crippen LogP contribution in [0, 0.1) is 0 Å². The van der Waals surface area contributed by atoms with Crippen LogP contribution in [-0.2, 0) is 6.42 Å². The first-order valence-corrected chi connectivity index (χ1v) is 6.74. The molecule has 3 aromatic carbocycles. The van der Waals surface area contributed by atoms with Crippen LogP contribution in [0.2, 0.25) is 0 Å². The third-order valence-electron chi connectivity index (χ3n) is 3.37. The van der Waals surface area contributed by atoms with Gasteiger partial charge in [0.2, 0.25) is 0 Å². The number of benzene rings is 3. The van der Waals surface area contributed by atoms with Gasteiger partial charge in [0.05, 0.1) is 0 Å². The van der Waals surface area contributed by atoms with Gasteiger partial charge in [0.25, 0.3) is 0 Å². The minimum atomic E-state index is 0.302. The van der Waals surface area contributed by atoms with Crippen molar-refractivity contribution < 1.29 is 5.11 Å². The zero-order valence-electron chi connectivity index (χ0n) is 11.2. The smallest absolute Gasteiger partial charge is 0.115 e. The largest absolute Gasteiger partial charge is 0.508 e. The lowest BCUT2D eigenvalue weighted by atomic mass is 10.0. The summed E-state index contributed by atoms with van der Waals surface area (Å²) in [7, 11) is 0. The standard InChI is InChI=1S/C19H16O/c20-19-12-9-15(10-13-19)4-3-5-16-8-11-17-6-1-2-7-18(17)14-16/h1-4,6-14,20H,5H2. The summed E-state index contributed by atoms with van der Waals surface area (Å²) in [6.07, 6.45) is 5.14. The molecule has 0 aliphatic heterocycles. The Bertz CT molecular complexity index is 739. The average Bonchev–Trinajstić information content (AvgIpc) is 2.49. The first kappa shape index (κ1) is 12.5. The van der Waals surface area contributed by atoms with Crippen LogP contribution < -0.4 is 0 Å². The summed E-state index contributed by atoms with van der Waals surface area (Å²) in [5.41, 5.74) is 2.40. The highest BCUT2D eigenvalue weighted by Crippen LogP contribution is 2.17. The van der Waals surface area contributed by atoms with E-state index in [4.69, 9.17) is 0 Å². The molecule has 3 aromatic rings. The first-order chi connectivity index (χ1) is 9.81. The highest BCUT2D eigenvalue weighted by atomic mass is 16.3. The molecule has 98 valence electrons. The third-order valence-corrected chi connectivity index (χ3v) is 3.37. The molecule has 0 saturated heterocycles. The molecule has 1 heteroatoms. The Kier molecular flexibility index (Phi) is 3.51.